The van der Waals surface area contributed by atoms with Crippen molar-refractivity contribution < 1.29 is 9.47 Å². The molecule has 2 fully saturated rings. The molecule has 1 unspecified atom stereocenters. The molecule has 0 aromatic carbocycles. The molecule has 170 valence electrons. The average molecular weight is 437 g/mol. The van der Waals surface area contributed by atoms with Gasteiger partial charge in [-0.3, -0.25) is 4.40 Å². The molecule has 0 saturated carbocycles. The fraction of sp³-hybridized carbons (Fsp3) is 0.542. The number of rotatable bonds is 6. The molecule has 0 spiro atoms. The van der Waals surface area contributed by atoms with Crippen molar-refractivity contribution in [3.8, 4) is 11.3 Å². The first-order valence-electron chi connectivity index (χ1n) is 11.6. The van der Waals surface area contributed by atoms with Crippen LogP contribution in [0.25, 0.3) is 16.9 Å². The number of methoxy groups -OCH3 is 1. The maximum absolute atomic E-state index is 5.53. The molecule has 2 aliphatic heterocycles. The van der Waals surface area contributed by atoms with E-state index in [2.05, 4.69) is 40.2 Å². The Morgan fingerprint density at radius 2 is 1.97 bits per heavy atom. The van der Waals surface area contributed by atoms with Crippen molar-refractivity contribution in [2.24, 2.45) is 5.92 Å². The Labute approximate surface area is 189 Å². The lowest BCUT2D eigenvalue weighted by Crippen LogP contribution is -2.37. The van der Waals surface area contributed by atoms with Crippen molar-refractivity contribution in [3.05, 3.63) is 36.4 Å². The number of morpholine rings is 1. The van der Waals surface area contributed by atoms with Gasteiger partial charge in [0.15, 0.2) is 11.5 Å². The third kappa shape index (κ3) is 4.04. The first-order chi connectivity index (χ1) is 15.6. The van der Waals surface area contributed by atoms with Crippen molar-refractivity contribution in [1.29, 1.82) is 0 Å². The monoisotopic (exact) mass is 436 g/mol. The predicted molar refractivity (Wildman–Crippen MR) is 125 cm³/mol. The lowest BCUT2D eigenvalue weighted by Gasteiger charge is -2.27. The van der Waals surface area contributed by atoms with Crippen LogP contribution in [0.3, 0.4) is 0 Å². The van der Waals surface area contributed by atoms with Crippen LogP contribution in [0.2, 0.25) is 0 Å². The number of aromatic nitrogens is 4. The molecule has 0 bridgehead atoms. The molecule has 5 rings (SSSR count). The summed E-state index contributed by atoms with van der Waals surface area (Å²) in [5.74, 6) is 2.43. The molecule has 0 amide bonds. The zero-order valence-corrected chi connectivity index (χ0v) is 19.2. The Kier molecular flexibility index (Phi) is 5.97. The summed E-state index contributed by atoms with van der Waals surface area (Å²) in [5, 5.41) is 0. The van der Waals surface area contributed by atoms with Crippen LogP contribution in [0.5, 0.6) is 0 Å². The molecule has 0 radical (unpaired) electrons. The minimum absolute atomic E-state index is 0.291. The quantitative estimate of drug-likeness (QED) is 0.588. The molecular formula is C24H32N6O2. The molecule has 2 aliphatic rings. The topological polar surface area (TPSA) is 68.0 Å². The van der Waals surface area contributed by atoms with Gasteiger partial charge in [-0.2, -0.15) is 0 Å². The standard InChI is InChI=1S/C24H32N6O2/c1-17(2)14-20-22(18-4-5-21(26-15-18)29-8-6-19(16-29)31-3)30-9-7-25-23(24(30)27-20)28-10-12-32-13-11-28/h4-5,7,9,15,17,19H,6,8,10-14,16H2,1-3H3. The molecule has 1 atom stereocenters. The smallest absolute Gasteiger partial charge is 0.181 e. The minimum Gasteiger partial charge on any atom is -0.380 e. The number of pyridine rings is 1. The lowest BCUT2D eigenvalue weighted by atomic mass is 10.0. The highest BCUT2D eigenvalue weighted by Crippen LogP contribution is 2.31. The Morgan fingerprint density at radius 1 is 1.12 bits per heavy atom. The SMILES string of the molecule is COC1CCN(c2ccc(-c3c(CC(C)C)nc4c(N5CCOCC5)nccn34)cn2)C1. The van der Waals surface area contributed by atoms with E-state index < -0.39 is 0 Å². The Morgan fingerprint density at radius 3 is 2.66 bits per heavy atom. The molecule has 3 aromatic heterocycles. The number of hydrogen-bond acceptors (Lipinski definition) is 7. The number of imidazole rings is 1. The summed E-state index contributed by atoms with van der Waals surface area (Å²) >= 11 is 0. The summed E-state index contributed by atoms with van der Waals surface area (Å²) in [6.07, 6.45) is 8.12. The highest BCUT2D eigenvalue weighted by atomic mass is 16.5. The molecule has 2 saturated heterocycles. The normalized spacial score (nSPS) is 19.4. The summed E-state index contributed by atoms with van der Waals surface area (Å²) in [7, 11) is 1.78. The first kappa shape index (κ1) is 21.2. The molecule has 3 aromatic rings. The summed E-state index contributed by atoms with van der Waals surface area (Å²) in [6.45, 7) is 9.46. The van der Waals surface area contributed by atoms with Crippen LogP contribution in [0.15, 0.2) is 30.7 Å². The first-order valence-corrected chi connectivity index (χ1v) is 11.6. The molecule has 8 nitrogen and oxygen atoms in total. The zero-order chi connectivity index (χ0) is 22.1. The second-order valence-electron chi connectivity index (χ2n) is 9.05. The third-order valence-corrected chi connectivity index (χ3v) is 6.33. The van der Waals surface area contributed by atoms with Crippen LogP contribution in [-0.4, -0.2) is 72.0 Å². The minimum atomic E-state index is 0.291. The van der Waals surface area contributed by atoms with Gasteiger partial charge in [0, 0.05) is 57.4 Å². The molecule has 8 heteroatoms. The van der Waals surface area contributed by atoms with E-state index in [9.17, 15) is 0 Å². The zero-order valence-electron chi connectivity index (χ0n) is 19.2. The Bertz CT molecular complexity index is 1060. The maximum Gasteiger partial charge on any atom is 0.181 e. The number of nitrogens with zero attached hydrogens (tertiary/aromatic N) is 6. The van der Waals surface area contributed by atoms with Gasteiger partial charge >= 0.3 is 0 Å². The van der Waals surface area contributed by atoms with E-state index in [0.717, 1.165) is 86.5 Å². The van der Waals surface area contributed by atoms with Gasteiger partial charge in [0.05, 0.1) is 30.7 Å². The average Bonchev–Trinajstić information content (AvgIpc) is 3.44. The fourth-order valence-corrected chi connectivity index (χ4v) is 4.69. The molecule has 0 N–H and O–H groups in total. The Balaban J connectivity index is 1.53. The van der Waals surface area contributed by atoms with Crippen LogP contribution >= 0.6 is 0 Å². The number of anilines is 2. The molecule has 32 heavy (non-hydrogen) atoms. The fourth-order valence-electron chi connectivity index (χ4n) is 4.69. The van der Waals surface area contributed by atoms with Crippen LogP contribution < -0.4 is 9.80 Å². The summed E-state index contributed by atoms with van der Waals surface area (Å²) in [4.78, 5) is 19.2. The van der Waals surface area contributed by atoms with Gasteiger partial charge in [-0.25, -0.2) is 15.0 Å². The van der Waals surface area contributed by atoms with Gasteiger partial charge in [0.1, 0.15) is 5.82 Å². The summed E-state index contributed by atoms with van der Waals surface area (Å²) in [5.41, 5.74) is 4.20. The second kappa shape index (κ2) is 9.03. The van der Waals surface area contributed by atoms with Crippen LogP contribution in [0.4, 0.5) is 11.6 Å². The van der Waals surface area contributed by atoms with Crippen LogP contribution in [0, 0.1) is 5.92 Å². The van der Waals surface area contributed by atoms with Crippen molar-refractivity contribution in [3.63, 3.8) is 0 Å². The van der Waals surface area contributed by atoms with E-state index in [1.165, 1.54) is 0 Å². The van der Waals surface area contributed by atoms with Gasteiger partial charge in [-0.1, -0.05) is 13.8 Å². The van der Waals surface area contributed by atoms with E-state index in [0.29, 0.717) is 12.0 Å². The van der Waals surface area contributed by atoms with Crippen LogP contribution in [0.1, 0.15) is 26.0 Å². The van der Waals surface area contributed by atoms with Crippen LogP contribution in [-0.2, 0) is 15.9 Å². The molecular weight excluding hydrogens is 404 g/mol. The number of ether oxygens (including phenoxy) is 2. The molecule has 5 heterocycles. The van der Waals surface area contributed by atoms with Crippen molar-refractivity contribution >= 4 is 17.3 Å². The largest absolute Gasteiger partial charge is 0.380 e. The van der Waals surface area contributed by atoms with E-state index in [-0.39, 0.29) is 0 Å². The van der Waals surface area contributed by atoms with Crippen molar-refractivity contribution in [1.82, 2.24) is 19.4 Å². The number of hydrogen-bond donors (Lipinski definition) is 0. The van der Waals surface area contributed by atoms with Gasteiger partial charge < -0.3 is 19.3 Å². The summed E-state index contributed by atoms with van der Waals surface area (Å²) < 4.78 is 13.2. The van der Waals surface area contributed by atoms with E-state index in [4.69, 9.17) is 24.4 Å². The Hall–Kier alpha value is -2.71. The van der Waals surface area contributed by atoms with Gasteiger partial charge in [0.25, 0.3) is 0 Å². The maximum atomic E-state index is 5.53. The predicted octanol–water partition coefficient (Wildman–Crippen LogP) is 3.05. The second-order valence-corrected chi connectivity index (χ2v) is 9.05. The highest BCUT2D eigenvalue weighted by Gasteiger charge is 2.24. The van der Waals surface area contributed by atoms with E-state index in [1.54, 1.807) is 7.11 Å². The van der Waals surface area contributed by atoms with Gasteiger partial charge in [-0.15, -0.1) is 0 Å². The van der Waals surface area contributed by atoms with E-state index in [1.807, 2.05) is 18.6 Å². The third-order valence-electron chi connectivity index (χ3n) is 6.33. The summed E-state index contributed by atoms with van der Waals surface area (Å²) in [6, 6.07) is 4.29. The lowest BCUT2D eigenvalue weighted by molar-refractivity contribution is 0.121. The van der Waals surface area contributed by atoms with E-state index >= 15 is 0 Å². The van der Waals surface area contributed by atoms with Gasteiger partial charge in [0.2, 0.25) is 0 Å². The van der Waals surface area contributed by atoms with Gasteiger partial charge in [-0.05, 0) is 30.9 Å². The molecule has 0 aliphatic carbocycles. The van der Waals surface area contributed by atoms with Crippen molar-refractivity contribution in [2.45, 2.75) is 32.8 Å². The highest BCUT2D eigenvalue weighted by molar-refractivity contribution is 5.74. The van der Waals surface area contributed by atoms with Crippen molar-refractivity contribution in [2.75, 3.05) is 56.3 Å². The number of fused-ring (bicyclic) bond motifs is 1.